The van der Waals surface area contributed by atoms with Crippen molar-refractivity contribution >= 4 is 17.4 Å². The van der Waals surface area contributed by atoms with Gasteiger partial charge in [-0.05, 0) is 43.4 Å². The molecule has 1 atom stereocenters. The predicted octanol–water partition coefficient (Wildman–Crippen LogP) is 4.58. The zero-order valence-corrected chi connectivity index (χ0v) is 13.2. The van der Waals surface area contributed by atoms with Crippen molar-refractivity contribution in [1.29, 1.82) is 0 Å². The van der Waals surface area contributed by atoms with Crippen molar-refractivity contribution in [3.63, 3.8) is 0 Å². The highest BCUT2D eigenvalue weighted by atomic mass is 35.5. The average molecular weight is 307 g/mol. The fourth-order valence-corrected chi connectivity index (χ4v) is 4.05. The van der Waals surface area contributed by atoms with Crippen LogP contribution in [0, 0.1) is 5.92 Å². The van der Waals surface area contributed by atoms with Gasteiger partial charge in [0.2, 0.25) is 0 Å². The van der Waals surface area contributed by atoms with Crippen LogP contribution in [0.3, 0.4) is 0 Å². The summed E-state index contributed by atoms with van der Waals surface area (Å²) in [4.78, 5) is 12.6. The highest BCUT2D eigenvalue weighted by molar-refractivity contribution is 6.30. The topological polar surface area (TPSA) is 26.3 Å². The van der Waals surface area contributed by atoms with E-state index in [9.17, 15) is 4.79 Å². The molecule has 1 spiro atoms. The quantitative estimate of drug-likeness (QED) is 0.817. The molecular formula is C18H23ClO2. The van der Waals surface area contributed by atoms with Crippen LogP contribution >= 0.6 is 11.6 Å². The molecule has 1 unspecified atom stereocenters. The summed E-state index contributed by atoms with van der Waals surface area (Å²) in [5.41, 5.74) is 1.03. The Morgan fingerprint density at radius 2 is 2.10 bits per heavy atom. The van der Waals surface area contributed by atoms with Crippen LogP contribution in [0.25, 0.3) is 0 Å². The Balaban J connectivity index is 1.64. The number of Topliss-reactive ketones (excluding diaryl/α,β-unsaturated/α-hetero) is 1. The van der Waals surface area contributed by atoms with E-state index in [1.807, 2.05) is 24.3 Å². The van der Waals surface area contributed by atoms with E-state index in [0.29, 0.717) is 17.2 Å². The lowest BCUT2D eigenvalue weighted by molar-refractivity contribution is -0.142. The fraction of sp³-hybridized carbons (Fsp3) is 0.611. The highest BCUT2D eigenvalue weighted by Crippen LogP contribution is 2.41. The van der Waals surface area contributed by atoms with Gasteiger partial charge in [-0.1, -0.05) is 43.0 Å². The molecule has 0 N–H and O–H groups in total. The first-order chi connectivity index (χ1) is 10.2. The summed E-state index contributed by atoms with van der Waals surface area (Å²) in [5.74, 6) is 0.515. The van der Waals surface area contributed by atoms with Gasteiger partial charge < -0.3 is 4.74 Å². The monoisotopic (exact) mass is 306 g/mol. The molecule has 2 nitrogen and oxygen atoms in total. The number of rotatable bonds is 3. The Bertz CT molecular complexity index is 500. The Labute approximate surface area is 131 Å². The Morgan fingerprint density at radius 1 is 1.29 bits per heavy atom. The Hall–Kier alpha value is -0.860. The van der Waals surface area contributed by atoms with E-state index >= 15 is 0 Å². The van der Waals surface area contributed by atoms with Crippen molar-refractivity contribution in [2.75, 3.05) is 6.61 Å². The second kappa shape index (κ2) is 6.50. The Morgan fingerprint density at radius 3 is 2.86 bits per heavy atom. The molecule has 0 amide bonds. The Kier molecular flexibility index (Phi) is 4.66. The minimum Gasteiger partial charge on any atom is -0.375 e. The molecule has 3 rings (SSSR count). The third kappa shape index (κ3) is 3.67. The number of ether oxygens (including phenoxy) is 1. The molecule has 114 valence electrons. The molecule has 0 aromatic heterocycles. The molecule has 3 heteroatoms. The van der Waals surface area contributed by atoms with Gasteiger partial charge in [0.1, 0.15) is 5.78 Å². The van der Waals surface area contributed by atoms with Crippen LogP contribution in [0.2, 0.25) is 5.02 Å². The SMILES string of the molecule is O=C(Cc1cccc(Cl)c1)C1CCOC2(CCCCC2)C1. The zero-order chi connectivity index (χ0) is 14.7. The summed E-state index contributed by atoms with van der Waals surface area (Å²) in [5, 5.41) is 0.705. The van der Waals surface area contributed by atoms with E-state index in [1.54, 1.807) is 0 Å². The lowest BCUT2D eigenvalue weighted by Gasteiger charge is -2.43. The first-order valence-electron chi connectivity index (χ1n) is 8.08. The molecule has 21 heavy (non-hydrogen) atoms. The molecular weight excluding hydrogens is 284 g/mol. The van der Waals surface area contributed by atoms with Gasteiger partial charge in [-0.2, -0.15) is 0 Å². The lowest BCUT2D eigenvalue weighted by atomic mass is 9.74. The van der Waals surface area contributed by atoms with Crippen LogP contribution in [-0.2, 0) is 16.0 Å². The molecule has 1 aromatic rings. The molecule has 0 radical (unpaired) electrons. The van der Waals surface area contributed by atoms with E-state index in [2.05, 4.69) is 0 Å². The first kappa shape index (κ1) is 15.1. The summed E-state index contributed by atoms with van der Waals surface area (Å²) in [7, 11) is 0. The van der Waals surface area contributed by atoms with Gasteiger partial charge in [-0.15, -0.1) is 0 Å². The van der Waals surface area contributed by atoms with Crippen LogP contribution in [-0.4, -0.2) is 18.0 Å². The zero-order valence-electron chi connectivity index (χ0n) is 12.4. The maximum absolute atomic E-state index is 12.6. The highest BCUT2D eigenvalue weighted by Gasteiger charge is 2.40. The summed E-state index contributed by atoms with van der Waals surface area (Å²) in [6.45, 7) is 0.742. The molecule has 1 aliphatic carbocycles. The van der Waals surface area contributed by atoms with E-state index in [1.165, 1.54) is 19.3 Å². The maximum Gasteiger partial charge on any atom is 0.140 e. The normalized spacial score (nSPS) is 24.9. The van der Waals surface area contributed by atoms with E-state index < -0.39 is 0 Å². The van der Waals surface area contributed by atoms with Crippen molar-refractivity contribution in [3.8, 4) is 0 Å². The summed E-state index contributed by atoms with van der Waals surface area (Å²) in [6, 6.07) is 7.65. The van der Waals surface area contributed by atoms with Crippen LogP contribution in [0.4, 0.5) is 0 Å². The van der Waals surface area contributed by atoms with Gasteiger partial charge in [0, 0.05) is 24.0 Å². The van der Waals surface area contributed by atoms with Crippen LogP contribution in [0.1, 0.15) is 50.5 Å². The first-order valence-corrected chi connectivity index (χ1v) is 8.46. The number of hydrogen-bond acceptors (Lipinski definition) is 2. The molecule has 2 fully saturated rings. The molecule has 1 saturated heterocycles. The second-order valence-corrected chi connectivity index (χ2v) is 6.99. The standard InChI is InChI=1S/C18H23ClO2/c19-16-6-4-5-14(11-16)12-17(20)15-7-10-21-18(13-15)8-2-1-3-9-18/h4-6,11,15H,1-3,7-10,12-13H2. The van der Waals surface area contributed by atoms with E-state index in [-0.39, 0.29) is 11.5 Å². The van der Waals surface area contributed by atoms with Gasteiger partial charge in [0.15, 0.2) is 0 Å². The van der Waals surface area contributed by atoms with Crippen molar-refractivity contribution in [2.24, 2.45) is 5.92 Å². The molecule has 0 bridgehead atoms. The smallest absolute Gasteiger partial charge is 0.140 e. The minimum atomic E-state index is 0.00512. The predicted molar refractivity (Wildman–Crippen MR) is 84.7 cm³/mol. The number of hydrogen-bond donors (Lipinski definition) is 0. The minimum absolute atomic E-state index is 0.00512. The largest absolute Gasteiger partial charge is 0.375 e. The molecule has 1 aliphatic heterocycles. The van der Waals surface area contributed by atoms with E-state index in [4.69, 9.17) is 16.3 Å². The van der Waals surface area contributed by atoms with Gasteiger partial charge in [0.05, 0.1) is 5.60 Å². The average Bonchev–Trinajstić information content (AvgIpc) is 2.48. The number of ketones is 1. The van der Waals surface area contributed by atoms with Gasteiger partial charge >= 0.3 is 0 Å². The fourth-order valence-electron chi connectivity index (χ4n) is 3.84. The number of carbonyl (C=O) groups excluding carboxylic acids is 1. The van der Waals surface area contributed by atoms with Crippen LogP contribution in [0.15, 0.2) is 24.3 Å². The summed E-state index contributed by atoms with van der Waals surface area (Å²) >= 11 is 6.00. The number of benzene rings is 1. The molecule has 2 aliphatic rings. The lowest BCUT2D eigenvalue weighted by Crippen LogP contribution is -2.43. The van der Waals surface area contributed by atoms with Crippen molar-refractivity contribution in [2.45, 2.75) is 57.0 Å². The number of halogens is 1. The van der Waals surface area contributed by atoms with E-state index in [0.717, 1.165) is 37.9 Å². The second-order valence-electron chi connectivity index (χ2n) is 6.55. The van der Waals surface area contributed by atoms with Gasteiger partial charge in [-0.25, -0.2) is 0 Å². The molecule has 1 saturated carbocycles. The van der Waals surface area contributed by atoms with Gasteiger partial charge in [0.25, 0.3) is 0 Å². The van der Waals surface area contributed by atoms with Crippen molar-refractivity contribution in [1.82, 2.24) is 0 Å². The van der Waals surface area contributed by atoms with Crippen LogP contribution in [0.5, 0.6) is 0 Å². The van der Waals surface area contributed by atoms with Crippen molar-refractivity contribution in [3.05, 3.63) is 34.9 Å². The van der Waals surface area contributed by atoms with Gasteiger partial charge in [-0.3, -0.25) is 4.79 Å². The summed E-state index contributed by atoms with van der Waals surface area (Å²) < 4.78 is 6.08. The third-order valence-corrected chi connectivity index (χ3v) is 5.22. The molecule has 1 heterocycles. The third-order valence-electron chi connectivity index (χ3n) is 4.98. The summed E-state index contributed by atoms with van der Waals surface area (Å²) in [6.07, 6.45) is 8.37. The molecule has 1 aromatic carbocycles. The number of carbonyl (C=O) groups is 1. The van der Waals surface area contributed by atoms with Crippen molar-refractivity contribution < 1.29 is 9.53 Å². The van der Waals surface area contributed by atoms with Crippen LogP contribution < -0.4 is 0 Å². The maximum atomic E-state index is 12.6.